The van der Waals surface area contributed by atoms with Crippen LogP contribution in [0, 0.1) is 52.3 Å². The van der Waals surface area contributed by atoms with Gasteiger partial charge in [-0.3, -0.25) is 0 Å². The molecule has 11 atom stereocenters. The summed E-state index contributed by atoms with van der Waals surface area (Å²) >= 11 is 0. The van der Waals surface area contributed by atoms with E-state index in [1.807, 2.05) is 0 Å². The molecule has 1 heterocycles. The molecule has 0 saturated heterocycles. The number of H-pyrrole nitrogens is 1. The lowest BCUT2D eigenvalue weighted by molar-refractivity contribution is -0.203. The first-order valence-electron chi connectivity index (χ1n) is 13.4. The van der Waals surface area contributed by atoms with Gasteiger partial charge in [-0.15, -0.1) is 10.2 Å². The van der Waals surface area contributed by atoms with Gasteiger partial charge in [-0.1, -0.05) is 39.3 Å². The number of aromatic nitrogens is 4. The SMILES string of the molecule is CC[C@H]1C(O)C2C3CC[C@H]([C@H](C)CCc4nn[nH]n4)[C@@]3(C)CCC2[C@@]2(C)CC[C@@H](O)C[C@@H]12. The number of aliphatic hydroxyl groups is 2. The van der Waals surface area contributed by atoms with Crippen molar-refractivity contribution in [2.75, 3.05) is 0 Å². The van der Waals surface area contributed by atoms with Gasteiger partial charge in [-0.05, 0) is 104 Å². The quantitative estimate of drug-likeness (QED) is 0.626. The summed E-state index contributed by atoms with van der Waals surface area (Å²) in [4.78, 5) is 0. The van der Waals surface area contributed by atoms with Crippen LogP contribution in [-0.4, -0.2) is 43.0 Å². The average Bonchev–Trinajstić information content (AvgIpc) is 3.41. The molecule has 4 aliphatic carbocycles. The number of rotatable bonds is 5. The third-order valence-electron chi connectivity index (χ3n) is 11.4. The van der Waals surface area contributed by atoms with Gasteiger partial charge < -0.3 is 10.2 Å². The number of nitrogens with one attached hydrogen (secondary N) is 1. The number of nitrogens with zero attached hydrogens (tertiary/aromatic N) is 3. The molecule has 6 heteroatoms. The largest absolute Gasteiger partial charge is 0.393 e. The first-order valence-corrected chi connectivity index (χ1v) is 13.4. The van der Waals surface area contributed by atoms with E-state index in [2.05, 4.69) is 48.3 Å². The molecule has 4 unspecified atom stereocenters. The second-order valence-corrected chi connectivity index (χ2v) is 12.5. The summed E-state index contributed by atoms with van der Waals surface area (Å²) < 4.78 is 0. The van der Waals surface area contributed by atoms with E-state index >= 15 is 0 Å². The Labute approximate surface area is 193 Å². The third kappa shape index (κ3) is 3.38. The smallest absolute Gasteiger partial charge is 0.174 e. The summed E-state index contributed by atoms with van der Waals surface area (Å²) in [5, 5.41) is 36.9. The fourth-order valence-electron chi connectivity index (χ4n) is 9.78. The van der Waals surface area contributed by atoms with Crippen LogP contribution in [0.15, 0.2) is 0 Å². The van der Waals surface area contributed by atoms with Crippen LogP contribution < -0.4 is 0 Å². The molecule has 4 fully saturated rings. The molecular formula is C26H44N4O2. The van der Waals surface area contributed by atoms with Gasteiger partial charge in [0.2, 0.25) is 0 Å². The summed E-state index contributed by atoms with van der Waals surface area (Å²) in [5.74, 6) is 4.67. The molecular weight excluding hydrogens is 400 g/mol. The number of aromatic amines is 1. The summed E-state index contributed by atoms with van der Waals surface area (Å²) in [6, 6.07) is 0. The zero-order valence-corrected chi connectivity index (χ0v) is 20.5. The van der Waals surface area contributed by atoms with Crippen LogP contribution in [0.3, 0.4) is 0 Å². The van der Waals surface area contributed by atoms with Crippen molar-refractivity contribution in [3.63, 3.8) is 0 Å². The highest BCUT2D eigenvalue weighted by Crippen LogP contribution is 2.69. The van der Waals surface area contributed by atoms with Gasteiger partial charge in [-0.2, -0.15) is 5.21 Å². The van der Waals surface area contributed by atoms with Crippen LogP contribution >= 0.6 is 0 Å². The first kappa shape index (κ1) is 22.8. The number of aryl methyl sites for hydroxylation is 1. The highest BCUT2D eigenvalue weighted by atomic mass is 16.3. The number of fused-ring (bicyclic) bond motifs is 5. The molecule has 1 aromatic heterocycles. The van der Waals surface area contributed by atoms with Gasteiger partial charge in [0.05, 0.1) is 12.2 Å². The molecule has 180 valence electrons. The topological polar surface area (TPSA) is 94.9 Å². The molecule has 0 bridgehead atoms. The number of hydrogen-bond acceptors (Lipinski definition) is 5. The fourth-order valence-corrected chi connectivity index (χ4v) is 9.78. The van der Waals surface area contributed by atoms with Crippen LogP contribution in [0.1, 0.15) is 91.3 Å². The molecule has 5 rings (SSSR count). The van der Waals surface area contributed by atoms with E-state index in [-0.39, 0.29) is 17.6 Å². The molecule has 0 amide bonds. The van der Waals surface area contributed by atoms with Crippen LogP contribution in [0.4, 0.5) is 0 Å². The Hall–Kier alpha value is -1.01. The first-order chi connectivity index (χ1) is 15.3. The number of aliphatic hydroxyl groups excluding tert-OH is 2. The monoisotopic (exact) mass is 444 g/mol. The predicted molar refractivity (Wildman–Crippen MR) is 123 cm³/mol. The second kappa shape index (κ2) is 8.33. The molecule has 4 aliphatic rings. The molecule has 0 spiro atoms. The van der Waals surface area contributed by atoms with E-state index in [1.54, 1.807) is 0 Å². The molecule has 3 N–H and O–H groups in total. The Kier molecular flexibility index (Phi) is 5.93. The highest BCUT2D eigenvalue weighted by Gasteiger charge is 2.64. The predicted octanol–water partition coefficient (Wildman–Crippen LogP) is 4.40. The number of tetrazole rings is 1. The minimum Gasteiger partial charge on any atom is -0.393 e. The average molecular weight is 445 g/mol. The van der Waals surface area contributed by atoms with E-state index in [4.69, 9.17) is 0 Å². The van der Waals surface area contributed by atoms with Gasteiger partial charge in [0.15, 0.2) is 5.82 Å². The van der Waals surface area contributed by atoms with Crippen LogP contribution in [0.2, 0.25) is 0 Å². The Morgan fingerprint density at radius 2 is 1.78 bits per heavy atom. The molecule has 4 saturated carbocycles. The summed E-state index contributed by atoms with van der Waals surface area (Å²) in [6.45, 7) is 9.77. The molecule has 6 nitrogen and oxygen atoms in total. The maximum Gasteiger partial charge on any atom is 0.174 e. The molecule has 1 aromatic rings. The third-order valence-corrected chi connectivity index (χ3v) is 11.4. The van der Waals surface area contributed by atoms with E-state index in [0.29, 0.717) is 46.8 Å². The van der Waals surface area contributed by atoms with Crippen LogP contribution in [0.25, 0.3) is 0 Å². The van der Waals surface area contributed by atoms with Gasteiger partial charge in [0.1, 0.15) is 0 Å². The summed E-state index contributed by atoms with van der Waals surface area (Å²) in [6.07, 6.45) is 10.7. The van der Waals surface area contributed by atoms with E-state index in [0.717, 1.165) is 44.3 Å². The normalized spacial score (nSPS) is 49.2. The molecule has 32 heavy (non-hydrogen) atoms. The van der Waals surface area contributed by atoms with Gasteiger partial charge in [-0.25, -0.2) is 0 Å². The van der Waals surface area contributed by atoms with Gasteiger partial charge in [0, 0.05) is 6.42 Å². The van der Waals surface area contributed by atoms with E-state index < -0.39 is 0 Å². The maximum absolute atomic E-state index is 11.8. The lowest BCUT2D eigenvalue weighted by Crippen LogP contribution is -2.62. The minimum absolute atomic E-state index is 0.171. The molecule has 0 aliphatic heterocycles. The lowest BCUT2D eigenvalue weighted by atomic mass is 9.41. The van der Waals surface area contributed by atoms with Crippen molar-refractivity contribution in [3.8, 4) is 0 Å². The second-order valence-electron chi connectivity index (χ2n) is 12.5. The summed E-state index contributed by atoms with van der Waals surface area (Å²) in [5.41, 5.74) is 0.613. The van der Waals surface area contributed by atoms with E-state index in [1.165, 1.54) is 25.7 Å². The fraction of sp³-hybridized carbons (Fsp3) is 0.962. The number of hydrogen-bond donors (Lipinski definition) is 3. The summed E-state index contributed by atoms with van der Waals surface area (Å²) in [7, 11) is 0. The van der Waals surface area contributed by atoms with Crippen molar-refractivity contribution in [2.24, 2.45) is 52.3 Å². The minimum atomic E-state index is -0.202. The zero-order chi connectivity index (χ0) is 22.7. The standard InChI is InChI=1S/C26H44N4O2/c1-5-17-21-14-16(31)10-12-26(21,4)20-11-13-25(3)18(7-8-19(25)23(20)24(17)32)15(2)6-9-22-27-29-30-28-22/h15-21,23-24,31-32H,5-14H2,1-4H3,(H,27,28,29,30)/t15-,16-,17-,18-,19?,20?,21+,23?,24?,25-,26-/m1/s1. The maximum atomic E-state index is 11.8. The highest BCUT2D eigenvalue weighted by molar-refractivity contribution is 5.13. The Bertz CT molecular complexity index is 787. The van der Waals surface area contributed by atoms with Crippen molar-refractivity contribution in [2.45, 2.75) is 104 Å². The lowest BCUT2D eigenvalue weighted by Gasteiger charge is -2.64. The van der Waals surface area contributed by atoms with E-state index in [9.17, 15) is 10.2 Å². The molecule has 0 aromatic carbocycles. The van der Waals surface area contributed by atoms with Crippen LogP contribution in [-0.2, 0) is 6.42 Å². The van der Waals surface area contributed by atoms with Crippen molar-refractivity contribution < 1.29 is 10.2 Å². The van der Waals surface area contributed by atoms with Crippen molar-refractivity contribution in [3.05, 3.63) is 5.82 Å². The van der Waals surface area contributed by atoms with Gasteiger partial charge >= 0.3 is 0 Å². The molecule has 0 radical (unpaired) electrons. The Balaban J connectivity index is 1.38. The van der Waals surface area contributed by atoms with Gasteiger partial charge in [0.25, 0.3) is 0 Å². The van der Waals surface area contributed by atoms with Crippen molar-refractivity contribution in [1.29, 1.82) is 0 Å². The zero-order valence-electron chi connectivity index (χ0n) is 20.5. The Morgan fingerprint density at radius 3 is 2.50 bits per heavy atom. The van der Waals surface area contributed by atoms with Crippen LogP contribution in [0.5, 0.6) is 0 Å². The van der Waals surface area contributed by atoms with Crippen molar-refractivity contribution in [1.82, 2.24) is 20.6 Å². The van der Waals surface area contributed by atoms with Crippen molar-refractivity contribution >= 4 is 0 Å². The Morgan fingerprint density at radius 1 is 1.03 bits per heavy atom.